The molecule has 0 saturated heterocycles. The van der Waals surface area contributed by atoms with E-state index < -0.39 is 10.0 Å². The SMILES string of the molecule is CCCCCCCCCCCCCCCCCCOc1ccc(S(=O)(=O)Nc2ccc(O)cc2)cc1. The Morgan fingerprint density at radius 2 is 1.08 bits per heavy atom. The van der Waals surface area contributed by atoms with Crippen LogP contribution in [0.25, 0.3) is 0 Å². The number of nitrogens with one attached hydrogen (secondary N) is 1. The average Bonchev–Trinajstić information content (AvgIpc) is 2.87. The third-order valence-electron chi connectivity index (χ3n) is 6.52. The van der Waals surface area contributed by atoms with Crippen LogP contribution in [-0.2, 0) is 10.0 Å². The van der Waals surface area contributed by atoms with Crippen LogP contribution >= 0.6 is 0 Å². The fraction of sp³-hybridized carbons (Fsp3) is 0.600. The zero-order valence-corrected chi connectivity index (χ0v) is 23.0. The van der Waals surface area contributed by atoms with Crippen LogP contribution in [0.4, 0.5) is 5.69 Å². The number of hydrogen-bond acceptors (Lipinski definition) is 4. The van der Waals surface area contributed by atoms with Gasteiger partial charge in [-0.05, 0) is 55.0 Å². The molecule has 2 N–H and O–H groups in total. The Morgan fingerprint density at radius 3 is 1.56 bits per heavy atom. The second-order valence-corrected chi connectivity index (χ2v) is 11.5. The van der Waals surface area contributed by atoms with Crippen molar-refractivity contribution in [1.29, 1.82) is 0 Å². The Kier molecular flexibility index (Phi) is 15.1. The molecule has 0 unspecified atom stereocenters. The Bertz CT molecular complexity index is 911. The summed E-state index contributed by atoms with van der Waals surface area (Å²) < 4.78 is 33.3. The van der Waals surface area contributed by atoms with E-state index >= 15 is 0 Å². The summed E-state index contributed by atoms with van der Waals surface area (Å²) in [5.41, 5.74) is 0.400. The fourth-order valence-electron chi connectivity index (χ4n) is 4.30. The summed E-state index contributed by atoms with van der Waals surface area (Å²) >= 11 is 0. The molecule has 202 valence electrons. The number of aromatic hydroxyl groups is 1. The molecular weight excluding hydrogens is 470 g/mol. The predicted molar refractivity (Wildman–Crippen MR) is 150 cm³/mol. The van der Waals surface area contributed by atoms with Crippen molar-refractivity contribution in [3.05, 3.63) is 48.5 Å². The highest BCUT2D eigenvalue weighted by Gasteiger charge is 2.14. The van der Waals surface area contributed by atoms with E-state index in [0.29, 0.717) is 18.0 Å². The van der Waals surface area contributed by atoms with Crippen molar-refractivity contribution >= 4 is 15.7 Å². The molecule has 5 nitrogen and oxygen atoms in total. The van der Waals surface area contributed by atoms with Gasteiger partial charge in [0.1, 0.15) is 11.5 Å². The van der Waals surface area contributed by atoms with E-state index in [1.54, 1.807) is 24.3 Å². The summed E-state index contributed by atoms with van der Waals surface area (Å²) in [6.45, 7) is 2.92. The first kappa shape index (κ1) is 30.0. The number of phenols is 1. The fourth-order valence-corrected chi connectivity index (χ4v) is 5.36. The van der Waals surface area contributed by atoms with E-state index in [4.69, 9.17) is 4.74 Å². The van der Waals surface area contributed by atoms with Crippen LogP contribution in [-0.4, -0.2) is 20.1 Å². The van der Waals surface area contributed by atoms with Crippen LogP contribution in [0.3, 0.4) is 0 Å². The van der Waals surface area contributed by atoms with E-state index in [2.05, 4.69) is 11.6 Å². The molecule has 0 saturated carbocycles. The summed E-state index contributed by atoms with van der Waals surface area (Å²) in [4.78, 5) is 0.172. The highest BCUT2D eigenvalue weighted by atomic mass is 32.2. The van der Waals surface area contributed by atoms with Crippen molar-refractivity contribution < 1.29 is 18.3 Å². The first-order valence-electron chi connectivity index (χ1n) is 14.1. The van der Waals surface area contributed by atoms with E-state index in [0.717, 1.165) is 6.42 Å². The Morgan fingerprint density at radius 1 is 0.639 bits per heavy atom. The second kappa shape index (κ2) is 18.1. The summed E-state index contributed by atoms with van der Waals surface area (Å²) in [7, 11) is -3.68. The molecule has 36 heavy (non-hydrogen) atoms. The standard InChI is InChI=1S/C30H47NO4S/c1-2-3-4-5-6-7-8-9-10-11-12-13-14-15-16-17-26-35-29-22-24-30(25-23-29)36(33,34)31-27-18-20-28(32)21-19-27/h18-25,31-32H,2-17,26H2,1H3. The molecule has 0 fully saturated rings. The summed E-state index contributed by atoms with van der Waals surface area (Å²) in [6.07, 6.45) is 21.5. The molecular formula is C30H47NO4S. The molecule has 6 heteroatoms. The molecule has 0 aromatic heterocycles. The van der Waals surface area contributed by atoms with Gasteiger partial charge in [0.15, 0.2) is 0 Å². The largest absolute Gasteiger partial charge is 0.508 e. The lowest BCUT2D eigenvalue weighted by Crippen LogP contribution is -2.12. The van der Waals surface area contributed by atoms with Crippen molar-refractivity contribution in [1.82, 2.24) is 0 Å². The van der Waals surface area contributed by atoms with Gasteiger partial charge >= 0.3 is 0 Å². The average molecular weight is 518 g/mol. The monoisotopic (exact) mass is 517 g/mol. The molecule has 0 aliphatic rings. The Labute approximate surface area is 219 Å². The van der Waals surface area contributed by atoms with Gasteiger partial charge < -0.3 is 9.84 Å². The van der Waals surface area contributed by atoms with Gasteiger partial charge in [-0.2, -0.15) is 0 Å². The van der Waals surface area contributed by atoms with Gasteiger partial charge in [0, 0.05) is 5.69 Å². The van der Waals surface area contributed by atoms with Gasteiger partial charge in [-0.3, -0.25) is 4.72 Å². The number of unbranched alkanes of at least 4 members (excludes halogenated alkanes) is 15. The van der Waals surface area contributed by atoms with E-state index in [9.17, 15) is 13.5 Å². The molecule has 2 aromatic rings. The molecule has 0 heterocycles. The van der Waals surface area contributed by atoms with Gasteiger partial charge in [0.05, 0.1) is 11.5 Å². The third kappa shape index (κ3) is 13.2. The highest BCUT2D eigenvalue weighted by Crippen LogP contribution is 2.21. The number of sulfonamides is 1. The Hall–Kier alpha value is -2.21. The summed E-state index contributed by atoms with van der Waals surface area (Å²) in [5, 5.41) is 9.33. The van der Waals surface area contributed by atoms with Crippen molar-refractivity contribution in [2.45, 2.75) is 115 Å². The quantitative estimate of drug-likeness (QED) is 0.128. The van der Waals surface area contributed by atoms with Crippen LogP contribution < -0.4 is 9.46 Å². The first-order valence-corrected chi connectivity index (χ1v) is 15.5. The van der Waals surface area contributed by atoms with Gasteiger partial charge in [0.2, 0.25) is 0 Å². The lowest BCUT2D eigenvalue weighted by Gasteiger charge is -2.10. The molecule has 0 aliphatic carbocycles. The van der Waals surface area contributed by atoms with Gasteiger partial charge in [-0.1, -0.05) is 103 Å². The minimum absolute atomic E-state index is 0.0868. The van der Waals surface area contributed by atoms with Crippen molar-refractivity contribution in [3.63, 3.8) is 0 Å². The molecule has 2 rings (SSSR count). The van der Waals surface area contributed by atoms with Crippen molar-refractivity contribution in [2.75, 3.05) is 11.3 Å². The van der Waals surface area contributed by atoms with Crippen LogP contribution in [0.1, 0.15) is 110 Å². The maximum Gasteiger partial charge on any atom is 0.261 e. The van der Waals surface area contributed by atoms with Crippen LogP contribution in [0.2, 0.25) is 0 Å². The maximum absolute atomic E-state index is 12.5. The molecule has 0 aliphatic heterocycles. The number of ether oxygens (including phenoxy) is 1. The normalized spacial score (nSPS) is 11.5. The zero-order chi connectivity index (χ0) is 25.9. The lowest BCUT2D eigenvalue weighted by atomic mass is 10.0. The number of benzene rings is 2. The minimum atomic E-state index is -3.68. The van der Waals surface area contributed by atoms with Gasteiger partial charge in [-0.25, -0.2) is 8.42 Å². The summed E-state index contributed by atoms with van der Waals surface area (Å²) in [6, 6.07) is 12.4. The molecule has 0 bridgehead atoms. The van der Waals surface area contributed by atoms with Crippen LogP contribution in [0, 0.1) is 0 Å². The van der Waals surface area contributed by atoms with Crippen molar-refractivity contribution in [2.24, 2.45) is 0 Å². The number of hydrogen-bond donors (Lipinski definition) is 2. The Balaban J connectivity index is 1.45. The molecule has 0 spiro atoms. The zero-order valence-electron chi connectivity index (χ0n) is 22.2. The number of rotatable bonds is 21. The first-order chi connectivity index (χ1) is 17.5. The number of phenolic OH excluding ortho intramolecular Hbond substituents is 1. The third-order valence-corrected chi connectivity index (χ3v) is 7.92. The highest BCUT2D eigenvalue weighted by molar-refractivity contribution is 7.92. The molecule has 0 amide bonds. The van der Waals surface area contributed by atoms with E-state index in [1.807, 2.05) is 0 Å². The molecule has 0 radical (unpaired) electrons. The minimum Gasteiger partial charge on any atom is -0.508 e. The topological polar surface area (TPSA) is 75.6 Å². The van der Waals surface area contributed by atoms with E-state index in [-0.39, 0.29) is 10.6 Å². The molecule has 0 atom stereocenters. The molecule has 2 aromatic carbocycles. The second-order valence-electron chi connectivity index (χ2n) is 9.78. The van der Waals surface area contributed by atoms with Gasteiger partial charge in [0.25, 0.3) is 10.0 Å². The van der Waals surface area contributed by atoms with Crippen LogP contribution in [0.5, 0.6) is 11.5 Å². The lowest BCUT2D eigenvalue weighted by molar-refractivity contribution is 0.304. The smallest absolute Gasteiger partial charge is 0.261 e. The van der Waals surface area contributed by atoms with Gasteiger partial charge in [-0.15, -0.1) is 0 Å². The summed E-state index contributed by atoms with van der Waals surface area (Å²) in [5.74, 6) is 0.767. The predicted octanol–water partition coefficient (Wildman–Crippen LogP) is 8.83. The van der Waals surface area contributed by atoms with Crippen molar-refractivity contribution in [3.8, 4) is 11.5 Å². The van der Waals surface area contributed by atoms with E-state index in [1.165, 1.54) is 121 Å². The maximum atomic E-state index is 12.5. The van der Waals surface area contributed by atoms with Crippen LogP contribution in [0.15, 0.2) is 53.4 Å². The number of anilines is 1.